The third-order valence-electron chi connectivity index (χ3n) is 2.83. The molecule has 0 aliphatic rings. The molecule has 0 radical (unpaired) electrons. The fraction of sp³-hybridized carbons (Fsp3) is 0.143. The first kappa shape index (κ1) is 13.3. The van der Waals surface area contributed by atoms with E-state index in [0.717, 1.165) is 16.7 Å². The molecule has 0 saturated carbocycles. The predicted molar refractivity (Wildman–Crippen MR) is 74.5 cm³/mol. The van der Waals surface area contributed by atoms with Crippen LogP contribution >= 0.6 is 23.2 Å². The normalized spacial score (nSPS) is 10.7. The third-order valence-corrected chi connectivity index (χ3v) is 3.50. The Kier molecular flexibility index (Phi) is 3.91. The minimum atomic E-state index is -0.312. The van der Waals surface area contributed by atoms with Gasteiger partial charge < -0.3 is 5.73 Å². The van der Waals surface area contributed by atoms with E-state index in [2.05, 4.69) is 0 Å². The number of nitrogens with two attached hydrogens (primary N) is 1. The van der Waals surface area contributed by atoms with Gasteiger partial charge in [0, 0.05) is 17.1 Å². The number of halogens is 3. The van der Waals surface area contributed by atoms with Crippen molar-refractivity contribution in [1.29, 1.82) is 0 Å². The van der Waals surface area contributed by atoms with Gasteiger partial charge in [0.05, 0.1) is 5.02 Å². The van der Waals surface area contributed by atoms with Gasteiger partial charge in [-0.05, 0) is 41.8 Å². The van der Waals surface area contributed by atoms with Gasteiger partial charge in [-0.15, -0.1) is 0 Å². The Hall–Kier alpha value is -1.09. The zero-order chi connectivity index (χ0) is 13.3. The standard InChI is InChI=1S/C14H12Cl2FN/c1-8-4-11(13(16)6-14(8)17)9-2-3-10(7-18)12(15)5-9/h2-6H,7,18H2,1H3. The van der Waals surface area contributed by atoms with Crippen LogP contribution in [0.5, 0.6) is 0 Å². The van der Waals surface area contributed by atoms with Crippen molar-refractivity contribution < 1.29 is 4.39 Å². The highest BCUT2D eigenvalue weighted by molar-refractivity contribution is 6.34. The zero-order valence-electron chi connectivity index (χ0n) is 9.81. The molecule has 0 aromatic heterocycles. The van der Waals surface area contributed by atoms with Gasteiger partial charge in [-0.3, -0.25) is 0 Å². The lowest BCUT2D eigenvalue weighted by Crippen LogP contribution is -1.97. The van der Waals surface area contributed by atoms with Crippen molar-refractivity contribution in [2.45, 2.75) is 13.5 Å². The van der Waals surface area contributed by atoms with E-state index in [9.17, 15) is 4.39 Å². The molecule has 0 unspecified atom stereocenters. The van der Waals surface area contributed by atoms with Gasteiger partial charge in [0.1, 0.15) is 5.82 Å². The first-order valence-corrected chi connectivity index (χ1v) is 6.23. The van der Waals surface area contributed by atoms with E-state index < -0.39 is 0 Å². The maximum Gasteiger partial charge on any atom is 0.127 e. The summed E-state index contributed by atoms with van der Waals surface area (Å²) in [6, 6.07) is 8.56. The lowest BCUT2D eigenvalue weighted by Gasteiger charge is -2.09. The van der Waals surface area contributed by atoms with Crippen molar-refractivity contribution in [3.63, 3.8) is 0 Å². The first-order valence-electron chi connectivity index (χ1n) is 5.47. The quantitative estimate of drug-likeness (QED) is 0.859. The summed E-state index contributed by atoms with van der Waals surface area (Å²) >= 11 is 12.2. The second-order valence-corrected chi connectivity index (χ2v) is 4.91. The number of hydrogen-bond acceptors (Lipinski definition) is 1. The first-order chi connectivity index (χ1) is 8.52. The Morgan fingerprint density at radius 3 is 2.44 bits per heavy atom. The second kappa shape index (κ2) is 5.27. The molecule has 0 heterocycles. The van der Waals surface area contributed by atoms with Crippen molar-refractivity contribution in [2.75, 3.05) is 0 Å². The molecule has 18 heavy (non-hydrogen) atoms. The second-order valence-electron chi connectivity index (χ2n) is 4.09. The average molecular weight is 284 g/mol. The van der Waals surface area contributed by atoms with Crippen LogP contribution in [0.3, 0.4) is 0 Å². The molecule has 0 aliphatic carbocycles. The molecule has 0 amide bonds. The highest BCUT2D eigenvalue weighted by atomic mass is 35.5. The summed E-state index contributed by atoms with van der Waals surface area (Å²) in [6.07, 6.45) is 0. The Morgan fingerprint density at radius 1 is 1.11 bits per heavy atom. The smallest absolute Gasteiger partial charge is 0.127 e. The fourth-order valence-corrected chi connectivity index (χ4v) is 2.28. The summed E-state index contributed by atoms with van der Waals surface area (Å²) in [7, 11) is 0. The minimum Gasteiger partial charge on any atom is -0.326 e. The Bertz CT molecular complexity index is 597. The van der Waals surface area contributed by atoms with Crippen LogP contribution in [0.25, 0.3) is 11.1 Å². The van der Waals surface area contributed by atoms with Crippen molar-refractivity contribution >= 4 is 23.2 Å². The zero-order valence-corrected chi connectivity index (χ0v) is 11.3. The summed E-state index contributed by atoms with van der Waals surface area (Å²) in [6.45, 7) is 2.08. The molecule has 2 aromatic rings. The number of aryl methyl sites for hydroxylation is 1. The van der Waals surface area contributed by atoms with Gasteiger partial charge in [0.25, 0.3) is 0 Å². The maximum atomic E-state index is 13.3. The molecule has 0 bridgehead atoms. The van der Waals surface area contributed by atoms with Crippen molar-refractivity contribution in [2.24, 2.45) is 5.73 Å². The molecule has 4 heteroatoms. The van der Waals surface area contributed by atoms with E-state index >= 15 is 0 Å². The topological polar surface area (TPSA) is 26.0 Å². The molecular weight excluding hydrogens is 272 g/mol. The summed E-state index contributed by atoms with van der Waals surface area (Å²) in [5.74, 6) is -0.312. The highest BCUT2D eigenvalue weighted by Crippen LogP contribution is 2.32. The Labute approximate surface area is 115 Å². The number of benzene rings is 2. The molecule has 0 spiro atoms. The van der Waals surface area contributed by atoms with E-state index in [1.54, 1.807) is 19.1 Å². The summed E-state index contributed by atoms with van der Waals surface area (Å²) in [5, 5.41) is 0.961. The number of hydrogen-bond donors (Lipinski definition) is 1. The molecule has 0 aliphatic heterocycles. The number of rotatable bonds is 2. The van der Waals surface area contributed by atoms with Crippen LogP contribution in [0, 0.1) is 12.7 Å². The molecule has 0 saturated heterocycles. The Morgan fingerprint density at radius 2 is 1.83 bits per heavy atom. The lowest BCUT2D eigenvalue weighted by atomic mass is 10.0. The van der Waals surface area contributed by atoms with E-state index in [0.29, 0.717) is 22.2 Å². The fourth-order valence-electron chi connectivity index (χ4n) is 1.76. The van der Waals surface area contributed by atoms with Gasteiger partial charge in [0.15, 0.2) is 0 Å². The van der Waals surface area contributed by atoms with Crippen LogP contribution in [0.1, 0.15) is 11.1 Å². The molecular formula is C14H12Cl2FN. The van der Waals surface area contributed by atoms with Gasteiger partial charge >= 0.3 is 0 Å². The van der Waals surface area contributed by atoms with E-state index in [1.165, 1.54) is 6.07 Å². The third kappa shape index (κ3) is 2.51. The molecule has 2 N–H and O–H groups in total. The average Bonchev–Trinajstić information content (AvgIpc) is 2.33. The Balaban J connectivity index is 2.55. The molecule has 94 valence electrons. The molecule has 0 atom stereocenters. The SMILES string of the molecule is Cc1cc(-c2ccc(CN)c(Cl)c2)c(Cl)cc1F. The maximum absolute atomic E-state index is 13.3. The summed E-state index contributed by atoms with van der Waals surface area (Å²) in [4.78, 5) is 0. The van der Waals surface area contributed by atoms with Crippen molar-refractivity contribution in [3.05, 3.63) is 57.3 Å². The molecule has 2 aromatic carbocycles. The van der Waals surface area contributed by atoms with Crippen LogP contribution in [-0.2, 0) is 6.54 Å². The highest BCUT2D eigenvalue weighted by Gasteiger charge is 2.09. The van der Waals surface area contributed by atoms with E-state index in [4.69, 9.17) is 28.9 Å². The van der Waals surface area contributed by atoms with Crippen LogP contribution in [0.15, 0.2) is 30.3 Å². The van der Waals surface area contributed by atoms with Crippen molar-refractivity contribution in [1.82, 2.24) is 0 Å². The summed E-state index contributed by atoms with van der Waals surface area (Å²) in [5.41, 5.74) is 8.59. The van der Waals surface area contributed by atoms with Gasteiger partial charge in [-0.2, -0.15) is 0 Å². The van der Waals surface area contributed by atoms with E-state index in [1.807, 2.05) is 12.1 Å². The summed E-state index contributed by atoms with van der Waals surface area (Å²) < 4.78 is 13.3. The largest absolute Gasteiger partial charge is 0.326 e. The van der Waals surface area contributed by atoms with Gasteiger partial charge in [-0.1, -0.05) is 35.3 Å². The molecule has 0 fully saturated rings. The van der Waals surface area contributed by atoms with Crippen molar-refractivity contribution in [3.8, 4) is 11.1 Å². The van der Waals surface area contributed by atoms with E-state index in [-0.39, 0.29) is 5.82 Å². The predicted octanol–water partition coefficient (Wildman–Crippen LogP) is 4.57. The van der Waals surface area contributed by atoms with Crippen LogP contribution in [-0.4, -0.2) is 0 Å². The lowest BCUT2D eigenvalue weighted by molar-refractivity contribution is 0.619. The molecule has 2 rings (SSSR count). The monoisotopic (exact) mass is 283 g/mol. The van der Waals surface area contributed by atoms with Crippen LogP contribution in [0.4, 0.5) is 4.39 Å². The van der Waals surface area contributed by atoms with Gasteiger partial charge in [-0.25, -0.2) is 4.39 Å². The van der Waals surface area contributed by atoms with Crippen LogP contribution in [0.2, 0.25) is 10.0 Å². The minimum absolute atomic E-state index is 0.312. The van der Waals surface area contributed by atoms with Crippen LogP contribution < -0.4 is 5.73 Å². The van der Waals surface area contributed by atoms with Gasteiger partial charge in [0.2, 0.25) is 0 Å². The molecule has 1 nitrogen and oxygen atoms in total.